The Morgan fingerprint density at radius 2 is 1.23 bits per heavy atom. The largest absolute Gasteiger partial charge is 0.494 e. The van der Waals surface area contributed by atoms with Crippen molar-refractivity contribution in [2.24, 2.45) is 0 Å². The van der Waals surface area contributed by atoms with Crippen LogP contribution >= 0.6 is 0 Å². The van der Waals surface area contributed by atoms with Crippen LogP contribution in [-0.4, -0.2) is 6.61 Å². The number of aryl methyl sites for hydroxylation is 3. The Morgan fingerprint density at radius 1 is 0.654 bits per heavy atom. The molecule has 2 aromatic carbocycles. The maximum Gasteiger partial charge on any atom is 0.119 e. The first kappa shape index (κ1) is 20.6. The van der Waals surface area contributed by atoms with Crippen molar-refractivity contribution in [3.8, 4) is 16.9 Å². The topological polar surface area (TPSA) is 9.23 Å². The van der Waals surface area contributed by atoms with E-state index >= 15 is 0 Å². The van der Waals surface area contributed by atoms with Gasteiger partial charge in [0.25, 0.3) is 0 Å². The van der Waals surface area contributed by atoms with E-state index in [2.05, 4.69) is 64.1 Å². The molecule has 0 saturated carbocycles. The lowest BCUT2D eigenvalue weighted by atomic mass is 9.95. The summed E-state index contributed by atoms with van der Waals surface area (Å²) >= 11 is 0. The SMILES string of the molecule is CCCCCCCCCCOc1ccc(-c2cc(C)c(C)cc2C)cc1. The van der Waals surface area contributed by atoms with E-state index < -0.39 is 0 Å². The van der Waals surface area contributed by atoms with Crippen LogP contribution in [0.25, 0.3) is 11.1 Å². The molecule has 2 rings (SSSR count). The minimum absolute atomic E-state index is 0.830. The molecule has 0 saturated heterocycles. The quantitative estimate of drug-likeness (QED) is 0.375. The van der Waals surface area contributed by atoms with Crippen molar-refractivity contribution < 1.29 is 4.74 Å². The molecule has 0 atom stereocenters. The Labute approximate surface area is 160 Å². The lowest BCUT2D eigenvalue weighted by Gasteiger charge is -2.11. The maximum atomic E-state index is 5.92. The molecule has 0 N–H and O–H groups in total. The summed E-state index contributed by atoms with van der Waals surface area (Å²) in [5.74, 6) is 0.984. The number of rotatable bonds is 11. The molecule has 26 heavy (non-hydrogen) atoms. The predicted molar refractivity (Wildman–Crippen MR) is 114 cm³/mol. The summed E-state index contributed by atoms with van der Waals surface area (Å²) in [4.78, 5) is 0. The molecule has 0 fully saturated rings. The molecule has 0 amide bonds. The van der Waals surface area contributed by atoms with E-state index in [1.54, 1.807) is 0 Å². The molecule has 0 aliphatic carbocycles. The van der Waals surface area contributed by atoms with Crippen molar-refractivity contribution in [1.82, 2.24) is 0 Å². The third-order valence-electron chi connectivity index (χ3n) is 5.27. The first-order chi connectivity index (χ1) is 12.6. The van der Waals surface area contributed by atoms with Crippen molar-refractivity contribution in [3.05, 3.63) is 53.1 Å². The number of benzene rings is 2. The Bertz CT molecular complexity index is 655. The minimum atomic E-state index is 0.830. The Balaban J connectivity index is 1.74. The minimum Gasteiger partial charge on any atom is -0.494 e. The van der Waals surface area contributed by atoms with Crippen LogP contribution in [0.15, 0.2) is 36.4 Å². The lowest BCUT2D eigenvalue weighted by Crippen LogP contribution is -1.97. The zero-order valence-corrected chi connectivity index (χ0v) is 17.2. The van der Waals surface area contributed by atoms with Crippen LogP contribution in [0.2, 0.25) is 0 Å². The first-order valence-corrected chi connectivity index (χ1v) is 10.4. The van der Waals surface area contributed by atoms with Gasteiger partial charge in [0.15, 0.2) is 0 Å². The van der Waals surface area contributed by atoms with Crippen LogP contribution < -0.4 is 4.74 Å². The van der Waals surface area contributed by atoms with Crippen molar-refractivity contribution in [1.29, 1.82) is 0 Å². The molecular weight excluding hydrogens is 316 g/mol. The van der Waals surface area contributed by atoms with Gasteiger partial charge in [-0.2, -0.15) is 0 Å². The highest BCUT2D eigenvalue weighted by Gasteiger charge is 2.05. The van der Waals surface area contributed by atoms with E-state index in [0.29, 0.717) is 0 Å². The molecular formula is C25H36O. The van der Waals surface area contributed by atoms with Gasteiger partial charge in [-0.3, -0.25) is 0 Å². The van der Waals surface area contributed by atoms with E-state index in [0.717, 1.165) is 18.8 Å². The summed E-state index contributed by atoms with van der Waals surface area (Å²) in [6, 6.07) is 13.1. The van der Waals surface area contributed by atoms with E-state index in [-0.39, 0.29) is 0 Å². The second-order valence-electron chi connectivity index (χ2n) is 7.60. The average Bonchev–Trinajstić information content (AvgIpc) is 2.64. The maximum absolute atomic E-state index is 5.92. The fourth-order valence-corrected chi connectivity index (χ4v) is 3.43. The summed E-state index contributed by atoms with van der Waals surface area (Å²) in [5, 5.41) is 0. The molecule has 1 nitrogen and oxygen atoms in total. The van der Waals surface area contributed by atoms with Gasteiger partial charge in [0.2, 0.25) is 0 Å². The van der Waals surface area contributed by atoms with Crippen molar-refractivity contribution in [3.63, 3.8) is 0 Å². The van der Waals surface area contributed by atoms with E-state index in [9.17, 15) is 0 Å². The Morgan fingerprint density at radius 3 is 1.88 bits per heavy atom. The summed E-state index contributed by atoms with van der Waals surface area (Å²) in [6.07, 6.45) is 10.7. The Hall–Kier alpha value is -1.76. The zero-order chi connectivity index (χ0) is 18.8. The number of unbranched alkanes of at least 4 members (excludes halogenated alkanes) is 7. The highest BCUT2D eigenvalue weighted by molar-refractivity contribution is 5.69. The summed E-state index contributed by atoms with van der Waals surface area (Å²) in [7, 11) is 0. The number of hydrogen-bond donors (Lipinski definition) is 0. The second-order valence-corrected chi connectivity index (χ2v) is 7.60. The van der Waals surface area contributed by atoms with Gasteiger partial charge >= 0.3 is 0 Å². The van der Waals surface area contributed by atoms with Crippen LogP contribution in [0.3, 0.4) is 0 Å². The first-order valence-electron chi connectivity index (χ1n) is 10.4. The monoisotopic (exact) mass is 352 g/mol. The highest BCUT2D eigenvalue weighted by atomic mass is 16.5. The van der Waals surface area contributed by atoms with Gasteiger partial charge in [-0.15, -0.1) is 0 Å². The molecule has 0 aliphatic heterocycles. The highest BCUT2D eigenvalue weighted by Crippen LogP contribution is 2.28. The lowest BCUT2D eigenvalue weighted by molar-refractivity contribution is 0.304. The smallest absolute Gasteiger partial charge is 0.119 e. The average molecular weight is 353 g/mol. The predicted octanol–water partition coefficient (Wildman–Crippen LogP) is 7.80. The number of ether oxygens (including phenoxy) is 1. The molecule has 1 heteroatoms. The number of hydrogen-bond acceptors (Lipinski definition) is 1. The molecule has 0 aliphatic rings. The fourth-order valence-electron chi connectivity index (χ4n) is 3.43. The fraction of sp³-hybridized carbons (Fsp3) is 0.520. The molecule has 0 spiro atoms. The van der Waals surface area contributed by atoms with Crippen molar-refractivity contribution >= 4 is 0 Å². The molecule has 0 bridgehead atoms. The molecule has 0 aromatic heterocycles. The second kappa shape index (κ2) is 11.1. The summed E-state index contributed by atoms with van der Waals surface area (Å²) in [6.45, 7) is 9.64. The van der Waals surface area contributed by atoms with Gasteiger partial charge < -0.3 is 4.74 Å². The normalized spacial score (nSPS) is 10.9. The van der Waals surface area contributed by atoms with E-state index in [1.807, 2.05) is 0 Å². The van der Waals surface area contributed by atoms with E-state index in [4.69, 9.17) is 4.74 Å². The third kappa shape index (κ3) is 6.52. The van der Waals surface area contributed by atoms with Gasteiger partial charge in [-0.25, -0.2) is 0 Å². The van der Waals surface area contributed by atoms with Gasteiger partial charge in [0.05, 0.1) is 6.61 Å². The van der Waals surface area contributed by atoms with Crippen molar-refractivity contribution in [2.75, 3.05) is 6.61 Å². The summed E-state index contributed by atoms with van der Waals surface area (Å²) < 4.78 is 5.92. The molecule has 0 heterocycles. The van der Waals surface area contributed by atoms with Gasteiger partial charge in [-0.05, 0) is 67.1 Å². The third-order valence-corrected chi connectivity index (χ3v) is 5.27. The van der Waals surface area contributed by atoms with Gasteiger partial charge in [0, 0.05) is 0 Å². The molecule has 142 valence electrons. The zero-order valence-electron chi connectivity index (χ0n) is 17.2. The van der Waals surface area contributed by atoms with Crippen molar-refractivity contribution in [2.45, 2.75) is 79.1 Å². The van der Waals surface area contributed by atoms with E-state index in [1.165, 1.54) is 72.8 Å². The standard InChI is InChI=1S/C25H36O/c1-5-6-7-8-9-10-11-12-17-26-24-15-13-23(14-16-24)25-19-21(3)20(2)18-22(25)4/h13-16,18-19H,5-12,17H2,1-4H3. The summed E-state index contributed by atoms with van der Waals surface area (Å²) in [5.41, 5.74) is 6.63. The Kier molecular flexibility index (Phi) is 8.74. The van der Waals surface area contributed by atoms with Crippen LogP contribution in [0.4, 0.5) is 0 Å². The van der Waals surface area contributed by atoms with Gasteiger partial charge in [0.1, 0.15) is 5.75 Å². The van der Waals surface area contributed by atoms with Crippen LogP contribution in [0, 0.1) is 20.8 Å². The van der Waals surface area contributed by atoms with Gasteiger partial charge in [-0.1, -0.05) is 76.1 Å². The van der Waals surface area contributed by atoms with Crippen LogP contribution in [-0.2, 0) is 0 Å². The molecule has 0 unspecified atom stereocenters. The molecule has 0 radical (unpaired) electrons. The molecule has 2 aromatic rings. The van der Waals surface area contributed by atoms with Crippen LogP contribution in [0.1, 0.15) is 75.0 Å². The van der Waals surface area contributed by atoms with Crippen LogP contribution in [0.5, 0.6) is 5.75 Å².